The Labute approximate surface area is 122 Å². The van der Waals surface area contributed by atoms with Gasteiger partial charge in [-0.25, -0.2) is 0 Å². The minimum absolute atomic E-state index is 0.149. The third-order valence-corrected chi connectivity index (χ3v) is 4.76. The van der Waals surface area contributed by atoms with Crippen LogP contribution in [-0.4, -0.2) is 62.8 Å². The lowest BCUT2D eigenvalue weighted by molar-refractivity contribution is -0.122. The number of carbonyl (C=O) groups excluding carboxylic acids is 1. The van der Waals surface area contributed by atoms with Crippen molar-refractivity contribution in [3.63, 3.8) is 0 Å². The van der Waals surface area contributed by atoms with Gasteiger partial charge in [-0.3, -0.25) is 9.69 Å². The van der Waals surface area contributed by atoms with Crippen LogP contribution in [0.1, 0.15) is 38.5 Å². The van der Waals surface area contributed by atoms with Crippen LogP contribution in [0.25, 0.3) is 0 Å². The summed E-state index contributed by atoms with van der Waals surface area (Å²) in [5, 5.41) is 6.34. The first-order valence-corrected chi connectivity index (χ1v) is 7.93. The zero-order valence-electron chi connectivity index (χ0n) is 12.9. The van der Waals surface area contributed by atoms with E-state index in [0.717, 1.165) is 6.54 Å². The molecule has 0 radical (unpaired) electrons. The van der Waals surface area contributed by atoms with E-state index in [0.29, 0.717) is 37.7 Å². The molecule has 0 aliphatic carbocycles. The van der Waals surface area contributed by atoms with Crippen molar-refractivity contribution in [2.45, 2.75) is 56.7 Å². The number of rotatable bonds is 7. The number of amides is 1. The van der Waals surface area contributed by atoms with Crippen molar-refractivity contribution in [3.8, 4) is 0 Å². The molecule has 0 saturated carbocycles. The van der Waals surface area contributed by atoms with Gasteiger partial charge in [0.05, 0.1) is 6.61 Å². The summed E-state index contributed by atoms with van der Waals surface area (Å²) in [5.74, 6) is 0.149. The molecular weight excluding hydrogens is 254 g/mol. The quantitative estimate of drug-likeness (QED) is 0.677. The lowest BCUT2D eigenvalue weighted by Gasteiger charge is -2.49. The highest BCUT2D eigenvalue weighted by Crippen LogP contribution is 2.33. The molecule has 1 amide bonds. The minimum atomic E-state index is 0.149. The van der Waals surface area contributed by atoms with Gasteiger partial charge in [0.25, 0.3) is 0 Å². The van der Waals surface area contributed by atoms with Gasteiger partial charge < -0.3 is 15.4 Å². The van der Waals surface area contributed by atoms with E-state index in [1.807, 2.05) is 0 Å². The average Bonchev–Trinajstić information content (AvgIpc) is 2.44. The number of methoxy groups -OCH3 is 1. The van der Waals surface area contributed by atoms with E-state index in [1.54, 1.807) is 7.11 Å². The second-order valence-corrected chi connectivity index (χ2v) is 6.03. The number of hydrogen-bond donors (Lipinski definition) is 2. The van der Waals surface area contributed by atoms with Crippen LogP contribution in [0.15, 0.2) is 0 Å². The van der Waals surface area contributed by atoms with Crippen molar-refractivity contribution in [3.05, 3.63) is 0 Å². The highest BCUT2D eigenvalue weighted by Gasteiger charge is 2.37. The summed E-state index contributed by atoms with van der Waals surface area (Å²) in [6.45, 7) is 2.11. The predicted molar refractivity (Wildman–Crippen MR) is 79.7 cm³/mol. The van der Waals surface area contributed by atoms with Gasteiger partial charge >= 0.3 is 0 Å². The van der Waals surface area contributed by atoms with Gasteiger partial charge in [-0.05, 0) is 32.7 Å². The van der Waals surface area contributed by atoms with Gasteiger partial charge in [-0.15, -0.1) is 0 Å². The van der Waals surface area contributed by atoms with Crippen LogP contribution >= 0.6 is 0 Å². The number of nitrogens with zero attached hydrogens (tertiary/aromatic N) is 1. The molecule has 2 aliphatic rings. The van der Waals surface area contributed by atoms with Crippen LogP contribution in [0.4, 0.5) is 0 Å². The van der Waals surface area contributed by atoms with Crippen LogP contribution in [0.3, 0.4) is 0 Å². The molecule has 2 atom stereocenters. The summed E-state index contributed by atoms with van der Waals surface area (Å²) in [4.78, 5) is 14.4. The topological polar surface area (TPSA) is 53.6 Å². The van der Waals surface area contributed by atoms with Crippen LogP contribution < -0.4 is 10.6 Å². The summed E-state index contributed by atoms with van der Waals surface area (Å²) in [5.41, 5.74) is 0. The highest BCUT2D eigenvalue weighted by molar-refractivity contribution is 5.76. The van der Waals surface area contributed by atoms with Crippen molar-refractivity contribution in [2.75, 3.05) is 33.9 Å². The SMILES string of the molecule is CNC1CC2CCCC(C1)N2CCC(=O)NCCOC. The molecular formula is C15H29N3O2. The Morgan fingerprint density at radius 2 is 2.00 bits per heavy atom. The first kappa shape index (κ1) is 15.7. The lowest BCUT2D eigenvalue weighted by atomic mass is 9.81. The Morgan fingerprint density at radius 1 is 1.30 bits per heavy atom. The zero-order valence-corrected chi connectivity index (χ0v) is 12.9. The van der Waals surface area contributed by atoms with E-state index in [-0.39, 0.29) is 5.91 Å². The van der Waals surface area contributed by atoms with E-state index in [9.17, 15) is 4.79 Å². The van der Waals surface area contributed by atoms with Crippen molar-refractivity contribution < 1.29 is 9.53 Å². The van der Waals surface area contributed by atoms with Gasteiger partial charge in [0.1, 0.15) is 0 Å². The highest BCUT2D eigenvalue weighted by atomic mass is 16.5. The van der Waals surface area contributed by atoms with E-state index in [2.05, 4.69) is 22.6 Å². The third kappa shape index (κ3) is 4.17. The third-order valence-electron chi connectivity index (χ3n) is 4.76. The monoisotopic (exact) mass is 283 g/mol. The van der Waals surface area contributed by atoms with E-state index < -0.39 is 0 Å². The molecule has 2 rings (SSSR count). The standard InChI is InChI=1S/C15H29N3O2/c1-16-12-10-13-4-3-5-14(11-12)18(13)8-6-15(19)17-7-9-20-2/h12-14,16H,3-11H2,1-2H3,(H,17,19). The van der Waals surface area contributed by atoms with Crippen LogP contribution in [0, 0.1) is 0 Å². The van der Waals surface area contributed by atoms with Gasteiger partial charge in [0.2, 0.25) is 5.91 Å². The van der Waals surface area contributed by atoms with E-state index >= 15 is 0 Å². The number of piperidine rings is 2. The molecule has 0 aromatic carbocycles. The molecule has 5 heteroatoms. The molecule has 2 fully saturated rings. The van der Waals surface area contributed by atoms with Crippen molar-refractivity contribution >= 4 is 5.91 Å². The molecule has 5 nitrogen and oxygen atoms in total. The second kappa shape index (κ2) is 7.96. The summed E-state index contributed by atoms with van der Waals surface area (Å²) in [7, 11) is 3.72. The van der Waals surface area contributed by atoms with Crippen molar-refractivity contribution in [2.24, 2.45) is 0 Å². The molecule has 2 heterocycles. The maximum absolute atomic E-state index is 11.8. The number of carbonyl (C=O) groups is 1. The zero-order chi connectivity index (χ0) is 14.4. The predicted octanol–water partition coefficient (Wildman–Crippen LogP) is 0.744. The first-order valence-electron chi connectivity index (χ1n) is 7.93. The fourth-order valence-electron chi connectivity index (χ4n) is 3.69. The molecule has 2 bridgehead atoms. The first-order chi connectivity index (χ1) is 9.74. The summed E-state index contributed by atoms with van der Waals surface area (Å²) in [6.07, 6.45) is 7.01. The Balaban J connectivity index is 1.76. The van der Waals surface area contributed by atoms with Crippen LogP contribution in [0.2, 0.25) is 0 Å². The number of hydrogen-bond acceptors (Lipinski definition) is 4. The van der Waals surface area contributed by atoms with Crippen LogP contribution in [0.5, 0.6) is 0 Å². The van der Waals surface area contributed by atoms with Gasteiger partial charge in [0, 0.05) is 44.7 Å². The molecule has 2 aliphatic heterocycles. The van der Waals surface area contributed by atoms with Gasteiger partial charge in [0.15, 0.2) is 0 Å². The molecule has 116 valence electrons. The molecule has 0 aromatic rings. The Kier molecular flexibility index (Phi) is 6.26. The number of fused-ring (bicyclic) bond motifs is 2. The molecule has 0 spiro atoms. The molecule has 2 unspecified atom stereocenters. The van der Waals surface area contributed by atoms with Crippen LogP contribution in [-0.2, 0) is 9.53 Å². The number of ether oxygens (including phenoxy) is 1. The largest absolute Gasteiger partial charge is 0.383 e. The fraction of sp³-hybridized carbons (Fsp3) is 0.933. The Hall–Kier alpha value is -0.650. The second-order valence-electron chi connectivity index (χ2n) is 6.03. The molecule has 2 saturated heterocycles. The summed E-state index contributed by atoms with van der Waals surface area (Å²) in [6, 6.07) is 2.01. The van der Waals surface area contributed by atoms with Gasteiger partial charge in [-0.1, -0.05) is 6.42 Å². The normalized spacial score (nSPS) is 30.2. The molecule has 20 heavy (non-hydrogen) atoms. The smallest absolute Gasteiger partial charge is 0.221 e. The Morgan fingerprint density at radius 3 is 2.60 bits per heavy atom. The van der Waals surface area contributed by atoms with E-state index in [1.165, 1.54) is 32.1 Å². The summed E-state index contributed by atoms with van der Waals surface area (Å²) >= 11 is 0. The average molecular weight is 283 g/mol. The lowest BCUT2D eigenvalue weighted by Crippen LogP contribution is -2.56. The Bertz CT molecular complexity index is 297. The van der Waals surface area contributed by atoms with Crippen molar-refractivity contribution in [1.29, 1.82) is 0 Å². The van der Waals surface area contributed by atoms with Crippen molar-refractivity contribution in [1.82, 2.24) is 15.5 Å². The molecule has 2 N–H and O–H groups in total. The maximum atomic E-state index is 11.8. The van der Waals surface area contributed by atoms with E-state index in [4.69, 9.17) is 4.74 Å². The summed E-state index contributed by atoms with van der Waals surface area (Å²) < 4.78 is 4.94. The maximum Gasteiger partial charge on any atom is 0.221 e. The van der Waals surface area contributed by atoms with Gasteiger partial charge in [-0.2, -0.15) is 0 Å². The molecule has 0 aromatic heterocycles. The number of nitrogens with one attached hydrogen (secondary N) is 2. The fourth-order valence-corrected chi connectivity index (χ4v) is 3.69. The minimum Gasteiger partial charge on any atom is -0.383 e.